The third kappa shape index (κ3) is 5.88. The summed E-state index contributed by atoms with van der Waals surface area (Å²) in [5.41, 5.74) is -1.50. The van der Waals surface area contributed by atoms with Crippen LogP contribution in [0.5, 0.6) is 5.75 Å². The predicted octanol–water partition coefficient (Wildman–Crippen LogP) is 3.22. The molecule has 1 N–H and O–H groups in total. The number of ether oxygens (including phenoxy) is 1. The normalized spacial score (nSPS) is 16.0. The van der Waals surface area contributed by atoms with Crippen molar-refractivity contribution in [2.45, 2.75) is 38.0 Å². The van der Waals surface area contributed by atoms with Crippen molar-refractivity contribution < 1.29 is 22.7 Å². The van der Waals surface area contributed by atoms with Crippen molar-refractivity contribution in [3.63, 3.8) is 0 Å². The highest BCUT2D eigenvalue weighted by molar-refractivity contribution is 5.75. The average molecular weight is 437 g/mol. The van der Waals surface area contributed by atoms with E-state index in [9.17, 15) is 22.8 Å². The summed E-state index contributed by atoms with van der Waals surface area (Å²) in [5.74, 6) is 0.214. The van der Waals surface area contributed by atoms with E-state index < -0.39 is 29.8 Å². The molecule has 1 atom stereocenters. The molecule has 1 aliphatic rings. The number of benzene rings is 1. The Morgan fingerprint density at radius 3 is 2.42 bits per heavy atom. The van der Waals surface area contributed by atoms with Crippen LogP contribution < -0.4 is 15.6 Å². The molecule has 1 aliphatic heterocycles. The van der Waals surface area contributed by atoms with Crippen LogP contribution in [0.25, 0.3) is 0 Å². The van der Waals surface area contributed by atoms with E-state index in [1.807, 2.05) is 24.3 Å². The standard InChI is InChI=1S/C22H26F3N3O3/c1-31-17-9-7-16(8-10-17)19(27-11-3-2-4-12-27)14-26-20(29)15-28-13-5-6-18(21(28)30)22(23,24)25/h5-10,13,19H,2-4,11-12,14-15H2,1H3,(H,26,29). The highest BCUT2D eigenvalue weighted by Gasteiger charge is 2.34. The molecule has 0 radical (unpaired) electrons. The van der Waals surface area contributed by atoms with Gasteiger partial charge in [-0.05, 0) is 55.8 Å². The van der Waals surface area contributed by atoms with Crippen LogP contribution in [-0.4, -0.2) is 42.1 Å². The smallest absolute Gasteiger partial charge is 0.421 e. The first-order chi connectivity index (χ1) is 14.8. The molecular formula is C22H26F3N3O3. The van der Waals surface area contributed by atoms with E-state index >= 15 is 0 Å². The number of carbonyl (C=O) groups excluding carboxylic acids is 1. The number of aromatic nitrogens is 1. The summed E-state index contributed by atoms with van der Waals surface area (Å²) in [7, 11) is 1.59. The maximum absolute atomic E-state index is 12.9. The molecule has 1 fully saturated rings. The molecule has 1 saturated heterocycles. The number of rotatable bonds is 7. The monoisotopic (exact) mass is 437 g/mol. The molecule has 31 heavy (non-hydrogen) atoms. The molecule has 0 spiro atoms. The predicted molar refractivity (Wildman–Crippen MR) is 110 cm³/mol. The van der Waals surface area contributed by atoms with Crippen LogP contribution in [0.3, 0.4) is 0 Å². The van der Waals surface area contributed by atoms with Crippen molar-refractivity contribution in [2.24, 2.45) is 0 Å². The van der Waals surface area contributed by atoms with Crippen molar-refractivity contribution in [2.75, 3.05) is 26.7 Å². The Bertz CT molecular complexity index is 935. The Balaban J connectivity index is 1.71. The number of hydrogen-bond acceptors (Lipinski definition) is 4. The third-order valence-corrected chi connectivity index (χ3v) is 5.46. The number of likely N-dealkylation sites (tertiary alicyclic amines) is 1. The average Bonchev–Trinajstić information content (AvgIpc) is 2.76. The first-order valence-corrected chi connectivity index (χ1v) is 10.2. The van der Waals surface area contributed by atoms with Gasteiger partial charge >= 0.3 is 6.18 Å². The summed E-state index contributed by atoms with van der Waals surface area (Å²) in [6.07, 6.45) is -0.274. The molecule has 0 aliphatic carbocycles. The van der Waals surface area contributed by atoms with Gasteiger partial charge < -0.3 is 14.6 Å². The first kappa shape index (κ1) is 22.9. The van der Waals surface area contributed by atoms with Gasteiger partial charge in [-0.1, -0.05) is 18.6 Å². The summed E-state index contributed by atoms with van der Waals surface area (Å²) >= 11 is 0. The second kappa shape index (κ2) is 10.00. The van der Waals surface area contributed by atoms with Gasteiger partial charge in [0.1, 0.15) is 17.9 Å². The van der Waals surface area contributed by atoms with Gasteiger partial charge in [0.2, 0.25) is 5.91 Å². The van der Waals surface area contributed by atoms with E-state index in [0.717, 1.165) is 54.3 Å². The van der Waals surface area contributed by atoms with Crippen LogP contribution in [-0.2, 0) is 17.5 Å². The number of hydrogen-bond donors (Lipinski definition) is 1. The van der Waals surface area contributed by atoms with Crippen molar-refractivity contribution in [1.82, 2.24) is 14.8 Å². The van der Waals surface area contributed by atoms with E-state index in [1.165, 1.54) is 6.20 Å². The zero-order valence-corrected chi connectivity index (χ0v) is 17.3. The van der Waals surface area contributed by atoms with E-state index in [0.29, 0.717) is 12.6 Å². The molecule has 1 aromatic heterocycles. The topological polar surface area (TPSA) is 63.6 Å². The molecule has 6 nitrogen and oxygen atoms in total. The molecule has 0 saturated carbocycles. The summed E-state index contributed by atoms with van der Waals surface area (Å²) in [5, 5.41) is 2.79. The van der Waals surface area contributed by atoms with Crippen molar-refractivity contribution >= 4 is 5.91 Å². The van der Waals surface area contributed by atoms with Crippen molar-refractivity contribution in [1.29, 1.82) is 0 Å². The van der Waals surface area contributed by atoms with Crippen LogP contribution in [0, 0.1) is 0 Å². The molecule has 1 amide bonds. The van der Waals surface area contributed by atoms with Gasteiger partial charge in [-0.25, -0.2) is 0 Å². The van der Waals surface area contributed by atoms with Gasteiger partial charge in [-0.3, -0.25) is 14.5 Å². The van der Waals surface area contributed by atoms with Crippen molar-refractivity contribution in [3.05, 3.63) is 64.1 Å². The quantitative estimate of drug-likeness (QED) is 0.723. The van der Waals surface area contributed by atoms with Crippen LogP contribution in [0.2, 0.25) is 0 Å². The summed E-state index contributed by atoms with van der Waals surface area (Å²) in [6, 6.07) is 9.36. The number of pyridine rings is 1. The Hall–Kier alpha value is -2.81. The van der Waals surface area contributed by atoms with Crippen LogP contribution >= 0.6 is 0 Å². The Morgan fingerprint density at radius 1 is 1.13 bits per heavy atom. The number of nitrogens with one attached hydrogen (secondary N) is 1. The Kier molecular flexibility index (Phi) is 7.37. The number of halogens is 3. The number of amides is 1. The second-order valence-electron chi connectivity index (χ2n) is 7.54. The maximum Gasteiger partial charge on any atom is 0.421 e. The summed E-state index contributed by atoms with van der Waals surface area (Å²) in [6.45, 7) is 1.62. The van der Waals surface area contributed by atoms with E-state index in [1.54, 1.807) is 7.11 Å². The lowest BCUT2D eigenvalue weighted by Crippen LogP contribution is -2.42. The van der Waals surface area contributed by atoms with E-state index in [2.05, 4.69) is 10.2 Å². The van der Waals surface area contributed by atoms with E-state index in [-0.39, 0.29) is 6.04 Å². The molecule has 2 heterocycles. The fourth-order valence-electron chi connectivity index (χ4n) is 3.81. The molecule has 0 bridgehead atoms. The van der Waals surface area contributed by atoms with Crippen LogP contribution in [0.1, 0.15) is 36.4 Å². The summed E-state index contributed by atoms with van der Waals surface area (Å²) < 4.78 is 44.8. The first-order valence-electron chi connectivity index (χ1n) is 10.2. The number of methoxy groups -OCH3 is 1. The van der Waals surface area contributed by atoms with Gasteiger partial charge in [-0.15, -0.1) is 0 Å². The van der Waals surface area contributed by atoms with E-state index in [4.69, 9.17) is 4.74 Å². The lowest BCUT2D eigenvalue weighted by atomic mass is 10.0. The van der Waals surface area contributed by atoms with Gasteiger partial charge in [0.15, 0.2) is 0 Å². The van der Waals surface area contributed by atoms with Gasteiger partial charge in [0, 0.05) is 12.7 Å². The number of piperidine rings is 1. The lowest BCUT2D eigenvalue weighted by Gasteiger charge is -2.35. The van der Waals surface area contributed by atoms with Crippen molar-refractivity contribution in [3.8, 4) is 5.75 Å². The minimum absolute atomic E-state index is 0.0756. The number of nitrogens with zero attached hydrogens (tertiary/aromatic N) is 2. The Labute approximate surface area is 178 Å². The van der Waals surface area contributed by atoms with Gasteiger partial charge in [0.25, 0.3) is 5.56 Å². The Morgan fingerprint density at radius 2 is 1.81 bits per heavy atom. The molecule has 1 aromatic carbocycles. The minimum Gasteiger partial charge on any atom is -0.497 e. The fraction of sp³-hybridized carbons (Fsp3) is 0.455. The molecule has 2 aromatic rings. The number of alkyl halides is 3. The van der Waals surface area contributed by atoms with Crippen LogP contribution in [0.4, 0.5) is 13.2 Å². The molecule has 1 unspecified atom stereocenters. The minimum atomic E-state index is -4.76. The van der Waals surface area contributed by atoms with Gasteiger partial charge in [0.05, 0.1) is 13.2 Å². The third-order valence-electron chi connectivity index (χ3n) is 5.46. The molecule has 168 valence electrons. The molecule has 3 rings (SSSR count). The number of carbonyl (C=O) groups is 1. The molecular weight excluding hydrogens is 411 g/mol. The SMILES string of the molecule is COc1ccc(C(CNC(=O)Cn2cccc(C(F)(F)F)c2=O)N2CCCCC2)cc1. The largest absolute Gasteiger partial charge is 0.497 e. The summed E-state index contributed by atoms with van der Waals surface area (Å²) in [4.78, 5) is 26.8. The zero-order valence-electron chi connectivity index (χ0n) is 17.3. The lowest BCUT2D eigenvalue weighted by molar-refractivity contribution is -0.139. The highest BCUT2D eigenvalue weighted by Crippen LogP contribution is 2.27. The molecule has 9 heteroatoms. The highest BCUT2D eigenvalue weighted by atomic mass is 19.4. The van der Waals surface area contributed by atoms with Gasteiger partial charge in [-0.2, -0.15) is 13.2 Å². The second-order valence-corrected chi connectivity index (χ2v) is 7.54. The maximum atomic E-state index is 12.9. The fourth-order valence-corrected chi connectivity index (χ4v) is 3.81. The van der Waals surface area contributed by atoms with Crippen LogP contribution in [0.15, 0.2) is 47.4 Å². The zero-order chi connectivity index (χ0) is 22.4.